The van der Waals surface area contributed by atoms with Crippen molar-refractivity contribution >= 4 is 15.7 Å². The molecule has 0 aliphatic carbocycles. The minimum absolute atomic E-state index is 0.0496. The van der Waals surface area contributed by atoms with E-state index in [1.807, 2.05) is 0 Å². The number of ether oxygens (including phenoxy) is 1. The van der Waals surface area contributed by atoms with E-state index >= 15 is 0 Å². The Bertz CT molecular complexity index is 873. The number of nitrogens with zero attached hydrogens (tertiary/aromatic N) is 2. The highest BCUT2D eigenvalue weighted by Gasteiger charge is 2.31. The summed E-state index contributed by atoms with van der Waals surface area (Å²) in [6, 6.07) is 6.55. The van der Waals surface area contributed by atoms with Crippen LogP contribution in [0.25, 0.3) is 0 Å². The van der Waals surface area contributed by atoms with E-state index in [1.165, 1.54) is 17.5 Å². The monoisotopic (exact) mass is 368 g/mol. The van der Waals surface area contributed by atoms with Crippen molar-refractivity contribution in [3.05, 3.63) is 52.0 Å². The Kier molecular flexibility index (Phi) is 5.48. The van der Waals surface area contributed by atoms with Crippen LogP contribution in [0.4, 0.5) is 5.69 Å². The number of nitro benzene ring substituents is 1. The number of hydrogen-bond donors (Lipinski definition) is 0. The van der Waals surface area contributed by atoms with Gasteiger partial charge in [-0.1, -0.05) is 0 Å². The number of rotatable bonds is 7. The zero-order valence-corrected chi connectivity index (χ0v) is 15.2. The van der Waals surface area contributed by atoms with Gasteiger partial charge in [0.05, 0.1) is 24.6 Å². The molecule has 0 saturated heterocycles. The molecule has 0 bridgehead atoms. The van der Waals surface area contributed by atoms with Crippen LogP contribution in [0.3, 0.4) is 0 Å². The van der Waals surface area contributed by atoms with Crippen LogP contribution < -0.4 is 4.74 Å². The molecule has 8 nitrogen and oxygen atoms in total. The van der Waals surface area contributed by atoms with E-state index in [2.05, 4.69) is 0 Å². The molecule has 0 saturated carbocycles. The summed E-state index contributed by atoms with van der Waals surface area (Å²) in [5, 5.41) is 10.9. The maximum absolute atomic E-state index is 13.1. The molecule has 2 aromatic rings. The van der Waals surface area contributed by atoms with Gasteiger partial charge in [-0.05, 0) is 39.0 Å². The lowest BCUT2D eigenvalue weighted by molar-refractivity contribution is -0.385. The number of non-ortho nitro benzene ring substituents is 1. The van der Waals surface area contributed by atoms with Gasteiger partial charge in [-0.15, -0.1) is 0 Å². The quantitative estimate of drug-likeness (QED) is 0.549. The maximum Gasteiger partial charge on any atom is 0.273 e. The fraction of sp³-hybridized carbons (Fsp3) is 0.375. The van der Waals surface area contributed by atoms with Gasteiger partial charge in [0.1, 0.15) is 22.2 Å². The zero-order chi connectivity index (χ0) is 18.8. The lowest BCUT2D eigenvalue weighted by atomic mass is 10.3. The number of nitro groups is 1. The molecule has 25 heavy (non-hydrogen) atoms. The maximum atomic E-state index is 13.1. The highest BCUT2D eigenvalue weighted by Crippen LogP contribution is 2.32. The van der Waals surface area contributed by atoms with E-state index in [1.54, 1.807) is 32.9 Å². The van der Waals surface area contributed by atoms with Crippen molar-refractivity contribution in [2.45, 2.75) is 38.3 Å². The molecular weight excluding hydrogens is 348 g/mol. The highest BCUT2D eigenvalue weighted by atomic mass is 32.2. The predicted molar refractivity (Wildman–Crippen MR) is 91.0 cm³/mol. The van der Waals surface area contributed by atoms with Crippen LogP contribution in [0, 0.1) is 17.0 Å². The summed E-state index contributed by atoms with van der Waals surface area (Å²) in [4.78, 5) is 10.2. The van der Waals surface area contributed by atoms with Crippen molar-refractivity contribution in [2.24, 2.45) is 0 Å². The molecule has 136 valence electrons. The molecule has 0 atom stereocenters. The molecule has 0 spiro atoms. The Balaban J connectivity index is 2.48. The molecule has 0 N–H and O–H groups in total. The highest BCUT2D eigenvalue weighted by molar-refractivity contribution is 7.89. The number of sulfonamides is 1. The number of benzene rings is 1. The van der Waals surface area contributed by atoms with Gasteiger partial charge >= 0.3 is 0 Å². The van der Waals surface area contributed by atoms with E-state index in [9.17, 15) is 18.5 Å². The molecule has 0 amide bonds. The first-order valence-corrected chi connectivity index (χ1v) is 9.00. The Morgan fingerprint density at radius 1 is 1.28 bits per heavy atom. The van der Waals surface area contributed by atoms with Gasteiger partial charge in [0.25, 0.3) is 5.69 Å². The van der Waals surface area contributed by atoms with Crippen LogP contribution >= 0.6 is 0 Å². The van der Waals surface area contributed by atoms with Gasteiger partial charge in [0.2, 0.25) is 10.0 Å². The van der Waals surface area contributed by atoms with E-state index in [0.717, 1.165) is 12.1 Å². The van der Waals surface area contributed by atoms with E-state index in [-0.39, 0.29) is 28.9 Å². The average Bonchev–Trinajstić information content (AvgIpc) is 2.96. The van der Waals surface area contributed by atoms with Crippen LogP contribution in [0.5, 0.6) is 5.75 Å². The van der Waals surface area contributed by atoms with E-state index in [0.29, 0.717) is 11.5 Å². The lowest BCUT2D eigenvalue weighted by Gasteiger charge is -2.25. The summed E-state index contributed by atoms with van der Waals surface area (Å²) >= 11 is 0. The zero-order valence-electron chi connectivity index (χ0n) is 14.4. The van der Waals surface area contributed by atoms with Crippen LogP contribution in [0.15, 0.2) is 39.6 Å². The Morgan fingerprint density at radius 2 is 1.96 bits per heavy atom. The molecule has 9 heteroatoms. The largest absolute Gasteiger partial charge is 0.495 e. The summed E-state index contributed by atoms with van der Waals surface area (Å²) in [7, 11) is -2.68. The summed E-state index contributed by atoms with van der Waals surface area (Å²) in [6.07, 6.45) is 0. The number of aryl methyl sites for hydroxylation is 1. The molecule has 0 aliphatic rings. The molecule has 1 heterocycles. The van der Waals surface area contributed by atoms with Crippen molar-refractivity contribution in [1.29, 1.82) is 0 Å². The fourth-order valence-corrected chi connectivity index (χ4v) is 4.12. The molecule has 0 unspecified atom stereocenters. The minimum atomic E-state index is -3.95. The van der Waals surface area contributed by atoms with Crippen molar-refractivity contribution in [2.75, 3.05) is 7.11 Å². The first kappa shape index (κ1) is 18.9. The average molecular weight is 368 g/mol. The normalized spacial score (nSPS) is 11.9. The molecule has 0 radical (unpaired) electrons. The SMILES string of the molecule is COc1cc([N+](=O)[O-])ccc1S(=O)(=O)N(Cc1ccc(C)o1)C(C)C. The van der Waals surface area contributed by atoms with E-state index in [4.69, 9.17) is 9.15 Å². The molecular formula is C16H20N2O6S. The summed E-state index contributed by atoms with van der Waals surface area (Å²) < 4.78 is 38.0. The predicted octanol–water partition coefficient (Wildman–Crippen LogP) is 3.10. The molecule has 2 rings (SSSR count). The second-order valence-corrected chi connectivity index (χ2v) is 7.61. The molecule has 0 fully saturated rings. The van der Waals surface area contributed by atoms with E-state index < -0.39 is 14.9 Å². The Morgan fingerprint density at radius 3 is 2.44 bits per heavy atom. The second kappa shape index (κ2) is 7.24. The lowest BCUT2D eigenvalue weighted by Crippen LogP contribution is -2.36. The second-order valence-electron chi connectivity index (χ2n) is 5.75. The van der Waals surface area contributed by atoms with Crippen molar-refractivity contribution < 1.29 is 22.5 Å². The fourth-order valence-electron chi connectivity index (χ4n) is 2.38. The van der Waals surface area contributed by atoms with Gasteiger partial charge in [0.15, 0.2) is 0 Å². The van der Waals surface area contributed by atoms with Crippen LogP contribution in [-0.4, -0.2) is 30.8 Å². The number of hydrogen-bond acceptors (Lipinski definition) is 6. The molecule has 1 aromatic carbocycles. The number of methoxy groups -OCH3 is 1. The van der Waals surface area contributed by atoms with Crippen LogP contribution in [0.2, 0.25) is 0 Å². The van der Waals surface area contributed by atoms with Gasteiger partial charge < -0.3 is 9.15 Å². The standard InChI is InChI=1S/C16H20N2O6S/c1-11(2)17(10-14-7-5-12(3)24-14)25(21,22)16-8-6-13(18(19)20)9-15(16)23-4/h5-9,11H,10H2,1-4H3. The summed E-state index contributed by atoms with van der Waals surface area (Å²) in [5.41, 5.74) is -0.242. The third-order valence-corrected chi connectivity index (χ3v) is 5.69. The van der Waals surface area contributed by atoms with Crippen molar-refractivity contribution in [1.82, 2.24) is 4.31 Å². The Hall–Kier alpha value is -2.39. The Labute approximate surface area is 146 Å². The number of furan rings is 1. The third-order valence-electron chi connectivity index (χ3n) is 3.63. The van der Waals surface area contributed by atoms with Gasteiger partial charge in [-0.25, -0.2) is 8.42 Å². The van der Waals surface area contributed by atoms with Gasteiger partial charge in [0, 0.05) is 12.1 Å². The first-order valence-electron chi connectivity index (χ1n) is 7.56. The minimum Gasteiger partial charge on any atom is -0.495 e. The third kappa shape index (κ3) is 3.99. The summed E-state index contributed by atoms with van der Waals surface area (Å²) in [6.45, 7) is 5.31. The van der Waals surface area contributed by atoms with Crippen LogP contribution in [0.1, 0.15) is 25.4 Å². The topological polar surface area (TPSA) is 103 Å². The van der Waals surface area contributed by atoms with Gasteiger partial charge in [-0.2, -0.15) is 4.31 Å². The molecule has 0 aliphatic heterocycles. The van der Waals surface area contributed by atoms with Crippen molar-refractivity contribution in [3.8, 4) is 5.75 Å². The smallest absolute Gasteiger partial charge is 0.273 e. The molecule has 1 aromatic heterocycles. The summed E-state index contributed by atoms with van der Waals surface area (Å²) in [5.74, 6) is 1.12. The van der Waals surface area contributed by atoms with Crippen LogP contribution in [-0.2, 0) is 16.6 Å². The van der Waals surface area contributed by atoms with Crippen molar-refractivity contribution in [3.63, 3.8) is 0 Å². The first-order chi connectivity index (χ1) is 11.7. The van der Waals surface area contributed by atoms with Gasteiger partial charge in [-0.3, -0.25) is 10.1 Å².